The summed E-state index contributed by atoms with van der Waals surface area (Å²) in [6, 6.07) is 13.9. The third-order valence-electron chi connectivity index (χ3n) is 3.95. The van der Waals surface area contributed by atoms with Gasteiger partial charge in [-0.2, -0.15) is 4.98 Å². The molecular weight excluding hydrogens is 380 g/mol. The molecule has 0 saturated heterocycles. The number of nitrogens with one attached hydrogen (secondary N) is 2. The van der Waals surface area contributed by atoms with Crippen molar-refractivity contribution in [3.05, 3.63) is 65.5 Å². The largest absolute Gasteiger partial charge is 0.343 e. The minimum Gasteiger partial charge on any atom is -0.343 e. The Morgan fingerprint density at radius 3 is 2.57 bits per heavy atom. The van der Waals surface area contributed by atoms with Crippen LogP contribution in [0.25, 0.3) is 11.4 Å². The summed E-state index contributed by atoms with van der Waals surface area (Å²) in [6.07, 6.45) is 0. The van der Waals surface area contributed by atoms with Crippen molar-refractivity contribution in [2.75, 3.05) is 10.5 Å². The van der Waals surface area contributed by atoms with Gasteiger partial charge in [-0.1, -0.05) is 28.9 Å². The molecule has 1 amide bonds. The molecule has 0 spiro atoms. The Balaban J connectivity index is 1.60. The number of benzene rings is 2. The molecule has 2 aromatic carbocycles. The molecule has 8 nitrogen and oxygen atoms in total. The zero-order chi connectivity index (χ0) is 20.1. The molecule has 0 fully saturated rings. The molecule has 0 aliphatic carbocycles. The third kappa shape index (κ3) is 4.95. The second-order valence-electron chi connectivity index (χ2n) is 6.15. The Labute approximate surface area is 163 Å². The summed E-state index contributed by atoms with van der Waals surface area (Å²) < 4.78 is 30.7. The van der Waals surface area contributed by atoms with Gasteiger partial charge in [0, 0.05) is 16.8 Å². The lowest BCUT2D eigenvalue weighted by atomic mass is 10.1. The number of aryl methyl sites for hydroxylation is 1. The topological polar surface area (TPSA) is 114 Å². The standard InChI is InChI=1S/C19H20N4O4S/c1-3-28(25,26)23-16-9-7-14(8-10-16)19(24)20-12-17-21-18(22-27-17)15-6-4-5-13(2)11-15/h4-11,23H,3,12H2,1-2H3,(H,20,24). The van der Waals surface area contributed by atoms with Crippen LogP contribution in [0.4, 0.5) is 5.69 Å². The molecule has 1 aromatic heterocycles. The van der Waals surface area contributed by atoms with Crippen molar-refractivity contribution < 1.29 is 17.7 Å². The predicted octanol–water partition coefficient (Wildman–Crippen LogP) is 2.74. The summed E-state index contributed by atoms with van der Waals surface area (Å²) in [7, 11) is -3.35. The highest BCUT2D eigenvalue weighted by Crippen LogP contribution is 2.17. The molecule has 1 heterocycles. The third-order valence-corrected chi connectivity index (χ3v) is 5.25. The Kier molecular flexibility index (Phi) is 5.74. The Bertz CT molecular complexity index is 1080. The Morgan fingerprint density at radius 1 is 1.14 bits per heavy atom. The second kappa shape index (κ2) is 8.22. The van der Waals surface area contributed by atoms with Gasteiger partial charge in [0.25, 0.3) is 5.91 Å². The number of carbonyl (C=O) groups is 1. The van der Waals surface area contributed by atoms with E-state index in [1.54, 1.807) is 6.92 Å². The molecule has 3 aromatic rings. The van der Waals surface area contributed by atoms with Crippen LogP contribution in [0.15, 0.2) is 53.1 Å². The van der Waals surface area contributed by atoms with Crippen LogP contribution in [0.3, 0.4) is 0 Å². The fraction of sp³-hybridized carbons (Fsp3) is 0.211. The predicted molar refractivity (Wildman–Crippen MR) is 105 cm³/mol. The summed E-state index contributed by atoms with van der Waals surface area (Å²) in [5, 5.41) is 6.63. The van der Waals surface area contributed by atoms with Gasteiger partial charge >= 0.3 is 0 Å². The fourth-order valence-electron chi connectivity index (χ4n) is 2.43. The van der Waals surface area contributed by atoms with E-state index in [4.69, 9.17) is 4.52 Å². The van der Waals surface area contributed by atoms with Crippen LogP contribution in [-0.2, 0) is 16.6 Å². The lowest BCUT2D eigenvalue weighted by Crippen LogP contribution is -2.23. The number of rotatable bonds is 7. The first kappa shape index (κ1) is 19.6. The minimum atomic E-state index is -3.35. The van der Waals surface area contributed by atoms with Crippen LogP contribution < -0.4 is 10.0 Å². The van der Waals surface area contributed by atoms with Crippen LogP contribution in [0.5, 0.6) is 0 Å². The SMILES string of the molecule is CCS(=O)(=O)Nc1ccc(C(=O)NCc2nc(-c3cccc(C)c3)no2)cc1. The maximum Gasteiger partial charge on any atom is 0.251 e. The number of anilines is 1. The molecule has 9 heteroatoms. The average Bonchev–Trinajstić information content (AvgIpc) is 3.15. The first-order valence-corrected chi connectivity index (χ1v) is 10.3. The van der Waals surface area contributed by atoms with Gasteiger partial charge in [0.15, 0.2) is 0 Å². The van der Waals surface area contributed by atoms with E-state index in [9.17, 15) is 13.2 Å². The molecule has 0 aliphatic rings. The highest BCUT2D eigenvalue weighted by molar-refractivity contribution is 7.92. The Morgan fingerprint density at radius 2 is 1.89 bits per heavy atom. The zero-order valence-electron chi connectivity index (χ0n) is 15.5. The van der Waals surface area contributed by atoms with Crippen LogP contribution in [-0.4, -0.2) is 30.2 Å². The van der Waals surface area contributed by atoms with Crippen molar-refractivity contribution in [3.63, 3.8) is 0 Å². The van der Waals surface area contributed by atoms with E-state index in [0.717, 1.165) is 11.1 Å². The molecule has 0 saturated carbocycles. The van der Waals surface area contributed by atoms with E-state index in [2.05, 4.69) is 20.2 Å². The van der Waals surface area contributed by atoms with Crippen LogP contribution in [0, 0.1) is 6.92 Å². The second-order valence-corrected chi connectivity index (χ2v) is 8.16. The normalized spacial score (nSPS) is 11.2. The number of amides is 1. The van der Waals surface area contributed by atoms with Crippen molar-refractivity contribution in [1.82, 2.24) is 15.5 Å². The molecule has 0 atom stereocenters. The first-order valence-electron chi connectivity index (χ1n) is 8.64. The van der Waals surface area contributed by atoms with E-state index in [-0.39, 0.29) is 24.1 Å². The van der Waals surface area contributed by atoms with Crippen molar-refractivity contribution in [2.45, 2.75) is 20.4 Å². The number of aromatic nitrogens is 2. The summed E-state index contributed by atoms with van der Waals surface area (Å²) in [5.74, 6) is 0.391. The lowest BCUT2D eigenvalue weighted by Gasteiger charge is -2.07. The van der Waals surface area contributed by atoms with Gasteiger partial charge in [0.1, 0.15) is 0 Å². The van der Waals surface area contributed by atoms with Crippen molar-refractivity contribution in [1.29, 1.82) is 0 Å². The average molecular weight is 400 g/mol. The molecule has 0 radical (unpaired) electrons. The zero-order valence-corrected chi connectivity index (χ0v) is 16.3. The number of sulfonamides is 1. The van der Waals surface area contributed by atoms with E-state index >= 15 is 0 Å². The van der Waals surface area contributed by atoms with Gasteiger partial charge in [-0.3, -0.25) is 9.52 Å². The van der Waals surface area contributed by atoms with Gasteiger partial charge in [0.2, 0.25) is 21.7 Å². The molecule has 0 unspecified atom stereocenters. The molecule has 0 bridgehead atoms. The van der Waals surface area contributed by atoms with Crippen LogP contribution in [0.2, 0.25) is 0 Å². The van der Waals surface area contributed by atoms with E-state index < -0.39 is 10.0 Å². The van der Waals surface area contributed by atoms with Gasteiger partial charge < -0.3 is 9.84 Å². The number of hydrogen-bond acceptors (Lipinski definition) is 6. The quantitative estimate of drug-likeness (QED) is 0.630. The monoisotopic (exact) mass is 400 g/mol. The minimum absolute atomic E-state index is 0.0239. The van der Waals surface area contributed by atoms with Crippen molar-refractivity contribution in [3.8, 4) is 11.4 Å². The molecule has 146 valence electrons. The highest BCUT2D eigenvalue weighted by Gasteiger charge is 2.12. The molecule has 28 heavy (non-hydrogen) atoms. The summed E-state index contributed by atoms with van der Waals surface area (Å²) in [4.78, 5) is 16.5. The van der Waals surface area contributed by atoms with Crippen LogP contribution >= 0.6 is 0 Å². The summed E-state index contributed by atoms with van der Waals surface area (Å²) in [5.41, 5.74) is 2.71. The number of carbonyl (C=O) groups excluding carboxylic acids is 1. The highest BCUT2D eigenvalue weighted by atomic mass is 32.2. The van der Waals surface area contributed by atoms with Crippen molar-refractivity contribution >= 4 is 21.6 Å². The Hall–Kier alpha value is -3.20. The first-order chi connectivity index (χ1) is 13.4. The lowest BCUT2D eigenvalue weighted by molar-refractivity contribution is 0.0946. The summed E-state index contributed by atoms with van der Waals surface area (Å²) >= 11 is 0. The van der Waals surface area contributed by atoms with Gasteiger partial charge in [-0.25, -0.2) is 8.42 Å². The number of nitrogens with zero attached hydrogens (tertiary/aromatic N) is 2. The van der Waals surface area contributed by atoms with Gasteiger partial charge in [-0.05, 0) is 44.2 Å². The molecule has 2 N–H and O–H groups in total. The number of hydrogen-bond donors (Lipinski definition) is 2. The van der Waals surface area contributed by atoms with Gasteiger partial charge in [-0.15, -0.1) is 0 Å². The van der Waals surface area contributed by atoms with Crippen molar-refractivity contribution in [2.24, 2.45) is 0 Å². The molecular formula is C19H20N4O4S. The summed E-state index contributed by atoms with van der Waals surface area (Å²) in [6.45, 7) is 3.61. The maximum atomic E-state index is 12.3. The molecule has 0 aliphatic heterocycles. The van der Waals surface area contributed by atoms with Crippen LogP contribution in [0.1, 0.15) is 28.7 Å². The van der Waals surface area contributed by atoms with E-state index in [1.165, 1.54) is 24.3 Å². The van der Waals surface area contributed by atoms with E-state index in [0.29, 0.717) is 17.1 Å². The van der Waals surface area contributed by atoms with E-state index in [1.807, 2.05) is 31.2 Å². The van der Waals surface area contributed by atoms with Gasteiger partial charge in [0.05, 0.1) is 12.3 Å². The molecule has 3 rings (SSSR count). The fourth-order valence-corrected chi connectivity index (χ4v) is 3.07. The smallest absolute Gasteiger partial charge is 0.251 e. The maximum absolute atomic E-state index is 12.3.